The normalized spacial score (nSPS) is 23.5. The fourth-order valence-corrected chi connectivity index (χ4v) is 5.58. The van der Waals surface area contributed by atoms with Crippen LogP contribution < -0.4 is 16.4 Å². The molecule has 5 heterocycles. The van der Waals surface area contributed by atoms with E-state index in [1.54, 1.807) is 12.4 Å². The topological polar surface area (TPSA) is 108 Å². The summed E-state index contributed by atoms with van der Waals surface area (Å²) in [6.07, 6.45) is 7.41. The van der Waals surface area contributed by atoms with Gasteiger partial charge < -0.3 is 21.1 Å². The molecule has 2 aliphatic heterocycles. The van der Waals surface area contributed by atoms with Gasteiger partial charge in [0, 0.05) is 35.6 Å². The van der Waals surface area contributed by atoms with Crippen LogP contribution in [-0.4, -0.2) is 51.4 Å². The van der Waals surface area contributed by atoms with E-state index in [1.165, 1.54) is 11.8 Å². The summed E-state index contributed by atoms with van der Waals surface area (Å²) < 4.78 is 7.75. The van der Waals surface area contributed by atoms with Gasteiger partial charge in [0.2, 0.25) is 0 Å². The van der Waals surface area contributed by atoms with Crippen molar-refractivity contribution in [2.75, 3.05) is 30.3 Å². The van der Waals surface area contributed by atoms with Gasteiger partial charge in [0.1, 0.15) is 16.4 Å². The van der Waals surface area contributed by atoms with E-state index < -0.39 is 0 Å². The molecular formula is C20H24ClN7OS. The number of rotatable bonds is 3. The molecular weight excluding hydrogens is 422 g/mol. The van der Waals surface area contributed by atoms with Crippen molar-refractivity contribution in [1.29, 1.82) is 0 Å². The second kappa shape index (κ2) is 7.56. The minimum atomic E-state index is 0.0836. The fourth-order valence-electron chi connectivity index (χ4n) is 4.47. The summed E-state index contributed by atoms with van der Waals surface area (Å²) in [5, 5.41) is 5.82. The number of hydrogen-bond donors (Lipinski definition) is 2. The number of hydrogen-bond acceptors (Lipinski definition) is 8. The Balaban J connectivity index is 1.40. The molecule has 158 valence electrons. The van der Waals surface area contributed by atoms with Gasteiger partial charge in [0.25, 0.3) is 0 Å². The van der Waals surface area contributed by atoms with Crippen molar-refractivity contribution in [2.45, 2.75) is 41.8 Å². The predicted octanol–water partition coefficient (Wildman–Crippen LogP) is 2.84. The van der Waals surface area contributed by atoms with Crippen LogP contribution in [-0.2, 0) is 4.74 Å². The molecule has 2 saturated heterocycles. The average molecular weight is 446 g/mol. The lowest BCUT2D eigenvalue weighted by molar-refractivity contribution is 0.0974. The molecule has 8 nitrogen and oxygen atoms in total. The molecule has 1 spiro atoms. The van der Waals surface area contributed by atoms with Gasteiger partial charge in [-0.2, -0.15) is 5.10 Å². The molecule has 30 heavy (non-hydrogen) atoms. The van der Waals surface area contributed by atoms with Crippen LogP contribution in [0.15, 0.2) is 40.6 Å². The third kappa shape index (κ3) is 3.20. The monoisotopic (exact) mass is 445 g/mol. The Morgan fingerprint density at radius 2 is 2.03 bits per heavy atom. The van der Waals surface area contributed by atoms with Gasteiger partial charge >= 0.3 is 0 Å². The lowest BCUT2D eigenvalue weighted by atomic mass is 9.73. The highest BCUT2D eigenvalue weighted by Gasteiger charge is 2.47. The van der Waals surface area contributed by atoms with E-state index in [-0.39, 0.29) is 17.6 Å². The maximum atomic E-state index is 6.46. The number of nitrogens with zero attached hydrogens (tertiary/aromatic N) is 5. The summed E-state index contributed by atoms with van der Waals surface area (Å²) in [5.41, 5.74) is 13.3. The van der Waals surface area contributed by atoms with Crippen molar-refractivity contribution >= 4 is 40.5 Å². The van der Waals surface area contributed by atoms with Gasteiger partial charge in [0.05, 0.1) is 30.1 Å². The Bertz CT molecular complexity index is 1080. The number of fused-ring (bicyclic) bond motifs is 1. The van der Waals surface area contributed by atoms with Gasteiger partial charge in [0.15, 0.2) is 5.82 Å². The molecule has 0 radical (unpaired) electrons. The largest absolute Gasteiger partial charge is 0.382 e. The van der Waals surface area contributed by atoms with Crippen LogP contribution in [0.4, 0.5) is 11.6 Å². The van der Waals surface area contributed by atoms with Crippen LogP contribution in [0.2, 0.25) is 5.02 Å². The van der Waals surface area contributed by atoms with Crippen LogP contribution in [0.1, 0.15) is 19.8 Å². The highest BCUT2D eigenvalue weighted by atomic mass is 35.5. The van der Waals surface area contributed by atoms with Crippen molar-refractivity contribution in [3.8, 4) is 0 Å². The standard InChI is InChI=1S/C20H24ClN7OS/c1-12-17(22)20(11-29-12)4-8-27(9-5-20)19-13-2-7-26-28(13)15(10-25-19)30-14-3-6-24-18(23)16(14)21/h2-3,6-7,10,12,17H,4-5,8-9,11,22H2,1H3,(H2,23,24). The Labute approximate surface area is 183 Å². The molecule has 2 unspecified atom stereocenters. The molecule has 3 aromatic rings. The third-order valence-corrected chi connectivity index (χ3v) is 7.94. The van der Waals surface area contributed by atoms with Gasteiger partial charge in [-0.3, -0.25) is 0 Å². The molecule has 0 saturated carbocycles. The second-order valence-corrected chi connectivity index (χ2v) is 9.49. The van der Waals surface area contributed by atoms with Crippen molar-refractivity contribution in [3.05, 3.63) is 35.7 Å². The zero-order chi connectivity index (χ0) is 20.9. The predicted molar refractivity (Wildman–Crippen MR) is 118 cm³/mol. The first-order valence-electron chi connectivity index (χ1n) is 10.0. The van der Waals surface area contributed by atoms with Gasteiger partial charge in [-0.15, -0.1) is 0 Å². The Morgan fingerprint density at radius 3 is 2.77 bits per heavy atom. The maximum Gasteiger partial charge on any atom is 0.154 e. The number of nitrogens with two attached hydrogens (primary N) is 2. The molecule has 2 fully saturated rings. The summed E-state index contributed by atoms with van der Waals surface area (Å²) in [6, 6.07) is 3.93. The lowest BCUT2D eigenvalue weighted by Crippen LogP contribution is -2.50. The zero-order valence-corrected chi connectivity index (χ0v) is 18.2. The van der Waals surface area contributed by atoms with E-state index in [1.807, 2.05) is 22.8 Å². The van der Waals surface area contributed by atoms with Crippen molar-refractivity contribution in [1.82, 2.24) is 19.6 Å². The third-order valence-electron chi connectivity index (χ3n) is 6.38. The quantitative estimate of drug-likeness (QED) is 0.633. The molecule has 0 bridgehead atoms. The number of halogens is 1. The number of piperidine rings is 1. The van der Waals surface area contributed by atoms with E-state index >= 15 is 0 Å². The summed E-state index contributed by atoms with van der Waals surface area (Å²) in [4.78, 5) is 12.0. The number of ether oxygens (including phenoxy) is 1. The van der Waals surface area contributed by atoms with Crippen molar-refractivity contribution in [3.63, 3.8) is 0 Å². The van der Waals surface area contributed by atoms with Gasteiger partial charge in [-0.05, 0) is 31.9 Å². The fraction of sp³-hybridized carbons (Fsp3) is 0.450. The highest BCUT2D eigenvalue weighted by Crippen LogP contribution is 2.42. The van der Waals surface area contributed by atoms with Crippen LogP contribution in [0.5, 0.6) is 0 Å². The summed E-state index contributed by atoms with van der Waals surface area (Å²) in [6.45, 7) is 4.62. The number of aromatic nitrogens is 4. The molecule has 4 N–H and O–H groups in total. The number of anilines is 2. The minimum absolute atomic E-state index is 0.0836. The molecule has 10 heteroatoms. The van der Waals surface area contributed by atoms with E-state index in [9.17, 15) is 0 Å². The number of nitrogen functional groups attached to an aromatic ring is 1. The SMILES string of the molecule is CC1OCC2(CCN(c3ncc(Sc4ccnc(N)c4Cl)n4nccc34)CC2)C1N. The van der Waals surface area contributed by atoms with Gasteiger partial charge in [-0.1, -0.05) is 23.4 Å². The average Bonchev–Trinajstić information content (AvgIpc) is 3.35. The Kier molecular flexibility index (Phi) is 5.01. The van der Waals surface area contributed by atoms with E-state index in [0.29, 0.717) is 10.8 Å². The van der Waals surface area contributed by atoms with Crippen LogP contribution in [0.25, 0.3) is 5.52 Å². The van der Waals surface area contributed by atoms with Crippen LogP contribution in [0, 0.1) is 5.41 Å². The smallest absolute Gasteiger partial charge is 0.154 e. The van der Waals surface area contributed by atoms with Gasteiger partial charge in [-0.25, -0.2) is 14.5 Å². The zero-order valence-electron chi connectivity index (χ0n) is 16.7. The van der Waals surface area contributed by atoms with E-state index in [0.717, 1.165) is 53.8 Å². The first-order chi connectivity index (χ1) is 14.5. The second-order valence-electron chi connectivity index (χ2n) is 8.05. The first-order valence-corrected chi connectivity index (χ1v) is 11.2. The van der Waals surface area contributed by atoms with E-state index in [4.69, 9.17) is 32.8 Å². The maximum absolute atomic E-state index is 6.46. The van der Waals surface area contributed by atoms with Crippen molar-refractivity contribution in [2.24, 2.45) is 11.1 Å². The Morgan fingerprint density at radius 1 is 1.23 bits per heavy atom. The van der Waals surface area contributed by atoms with Crippen molar-refractivity contribution < 1.29 is 4.74 Å². The minimum Gasteiger partial charge on any atom is -0.382 e. The first kappa shape index (κ1) is 19.9. The van der Waals surface area contributed by atoms with Crippen LogP contribution >= 0.6 is 23.4 Å². The molecule has 0 aromatic carbocycles. The number of pyridine rings is 1. The summed E-state index contributed by atoms with van der Waals surface area (Å²) in [5.74, 6) is 1.25. The lowest BCUT2D eigenvalue weighted by Gasteiger charge is -2.41. The molecule has 5 rings (SSSR count). The summed E-state index contributed by atoms with van der Waals surface area (Å²) in [7, 11) is 0. The molecule has 2 atom stereocenters. The molecule has 3 aromatic heterocycles. The summed E-state index contributed by atoms with van der Waals surface area (Å²) >= 11 is 7.78. The highest BCUT2D eigenvalue weighted by molar-refractivity contribution is 7.99. The van der Waals surface area contributed by atoms with Crippen LogP contribution in [0.3, 0.4) is 0 Å². The molecule has 0 aliphatic carbocycles. The van der Waals surface area contributed by atoms with E-state index in [2.05, 4.69) is 21.9 Å². The Hall–Kier alpha value is -2.07. The molecule has 0 amide bonds. The molecule has 2 aliphatic rings.